The van der Waals surface area contributed by atoms with Gasteiger partial charge in [-0.1, -0.05) is 0 Å². The number of hydrogen-bond donors (Lipinski definition) is 4. The van der Waals surface area contributed by atoms with Gasteiger partial charge in [-0.15, -0.1) is 0 Å². The first-order chi connectivity index (χ1) is 5.46. The summed E-state index contributed by atoms with van der Waals surface area (Å²) in [5.41, 5.74) is 20.8. The normalized spacial score (nSPS) is 31.2. The van der Waals surface area contributed by atoms with Gasteiger partial charge in [-0.25, -0.2) is 9.48 Å². The van der Waals surface area contributed by atoms with Crippen LogP contribution in [-0.4, -0.2) is 33.5 Å². The minimum Gasteiger partial charge on any atom is -0.714 e. The molecule has 2 unspecified atom stereocenters. The van der Waals surface area contributed by atoms with E-state index in [9.17, 15) is 10.4 Å². The largest absolute Gasteiger partial charge is 0.714 e. The van der Waals surface area contributed by atoms with Gasteiger partial charge in [-0.05, 0) is 0 Å². The number of nitrogens with two attached hydrogens (primary N) is 4. The Hall–Kier alpha value is -1.54. The van der Waals surface area contributed by atoms with Crippen molar-refractivity contribution in [3.8, 4) is 0 Å². The Morgan fingerprint density at radius 1 is 0.917 bits per heavy atom. The molecule has 8 nitrogen and oxygen atoms in total. The molecule has 8 heteroatoms. The van der Waals surface area contributed by atoms with Gasteiger partial charge in [0.25, 0.3) is 0 Å². The Bertz CT molecular complexity index is 219. The first-order valence-corrected chi connectivity index (χ1v) is 3.15. The van der Waals surface area contributed by atoms with Crippen LogP contribution >= 0.6 is 0 Å². The second kappa shape index (κ2) is 2.50. The highest BCUT2D eigenvalue weighted by molar-refractivity contribution is 5.87. The van der Waals surface area contributed by atoms with Crippen molar-refractivity contribution in [3.63, 3.8) is 0 Å². The predicted octanol–water partition coefficient (Wildman–Crippen LogP) is -3.70. The molecule has 0 spiro atoms. The highest BCUT2D eigenvalue weighted by Crippen LogP contribution is 1.95. The SMILES string of the molecule is NC1=[N+]([O-])C(N)C(N)=[N+]([O-])C1N. The fourth-order valence-electron chi connectivity index (χ4n) is 0.822. The van der Waals surface area contributed by atoms with Crippen LogP contribution in [-0.2, 0) is 0 Å². The van der Waals surface area contributed by atoms with E-state index in [2.05, 4.69) is 0 Å². The minimum atomic E-state index is -1.25. The Balaban J connectivity index is 3.13. The molecule has 0 saturated carbocycles. The monoisotopic (exact) mass is 174 g/mol. The molecule has 0 aromatic rings. The summed E-state index contributed by atoms with van der Waals surface area (Å²) in [6.07, 6.45) is -2.50. The molecule has 8 N–H and O–H groups in total. The van der Waals surface area contributed by atoms with Crippen LogP contribution in [0.3, 0.4) is 0 Å². The minimum absolute atomic E-state index is 0.217. The summed E-state index contributed by atoms with van der Waals surface area (Å²) in [5, 5.41) is 21.9. The van der Waals surface area contributed by atoms with E-state index in [0.29, 0.717) is 0 Å². The van der Waals surface area contributed by atoms with E-state index in [0.717, 1.165) is 0 Å². The molecule has 0 saturated heterocycles. The number of hydroxylamine groups is 2. The summed E-state index contributed by atoms with van der Waals surface area (Å²) in [6.45, 7) is 0. The van der Waals surface area contributed by atoms with E-state index >= 15 is 0 Å². The van der Waals surface area contributed by atoms with Crippen molar-refractivity contribution >= 4 is 11.7 Å². The van der Waals surface area contributed by atoms with E-state index in [4.69, 9.17) is 22.9 Å². The fourth-order valence-corrected chi connectivity index (χ4v) is 0.822. The van der Waals surface area contributed by atoms with Gasteiger partial charge in [0, 0.05) is 0 Å². The summed E-state index contributed by atoms with van der Waals surface area (Å²) < 4.78 is 0.433. The summed E-state index contributed by atoms with van der Waals surface area (Å²) >= 11 is 0. The van der Waals surface area contributed by atoms with E-state index in [-0.39, 0.29) is 21.1 Å². The number of rotatable bonds is 0. The van der Waals surface area contributed by atoms with Gasteiger partial charge in [-0.2, -0.15) is 0 Å². The molecule has 0 radical (unpaired) electrons. The van der Waals surface area contributed by atoms with Crippen molar-refractivity contribution in [2.24, 2.45) is 22.9 Å². The summed E-state index contributed by atoms with van der Waals surface area (Å²) in [6, 6.07) is 0. The van der Waals surface area contributed by atoms with Gasteiger partial charge >= 0.3 is 11.7 Å². The Labute approximate surface area is 67.9 Å². The molecule has 12 heavy (non-hydrogen) atoms. The van der Waals surface area contributed by atoms with Crippen molar-refractivity contribution in [1.82, 2.24) is 0 Å². The molecule has 0 amide bonds. The molecule has 0 aliphatic carbocycles. The second-order valence-corrected chi connectivity index (χ2v) is 2.39. The highest BCUT2D eigenvalue weighted by atomic mass is 16.5. The fraction of sp³-hybridized carbons (Fsp3) is 0.500. The molecule has 1 heterocycles. The first kappa shape index (κ1) is 8.56. The van der Waals surface area contributed by atoms with Gasteiger partial charge in [0.15, 0.2) is 0 Å². The van der Waals surface area contributed by atoms with E-state index in [1.807, 2.05) is 0 Å². The number of hydrogen-bond acceptors (Lipinski definition) is 6. The maximum atomic E-state index is 11.0. The zero-order valence-electron chi connectivity index (χ0n) is 6.18. The smallest absolute Gasteiger partial charge is 0.309 e. The van der Waals surface area contributed by atoms with Crippen molar-refractivity contribution < 1.29 is 9.48 Å². The van der Waals surface area contributed by atoms with Crippen LogP contribution in [0.25, 0.3) is 0 Å². The van der Waals surface area contributed by atoms with Crippen LogP contribution in [0.5, 0.6) is 0 Å². The third kappa shape index (κ3) is 0.933. The maximum absolute atomic E-state index is 11.0. The molecule has 0 bridgehead atoms. The van der Waals surface area contributed by atoms with Crippen molar-refractivity contribution in [1.29, 1.82) is 0 Å². The molecule has 1 aliphatic heterocycles. The maximum Gasteiger partial charge on any atom is 0.309 e. The standard InChI is InChI=1S/C4H10N6O2/c5-1-2(6)10(12)4(8)3(7)9(1)11/h1,4H,5-8H2. The van der Waals surface area contributed by atoms with E-state index < -0.39 is 12.3 Å². The van der Waals surface area contributed by atoms with Gasteiger partial charge in [0.2, 0.25) is 12.3 Å². The van der Waals surface area contributed by atoms with Gasteiger partial charge in [-0.3, -0.25) is 22.9 Å². The highest BCUT2D eigenvalue weighted by Gasteiger charge is 2.33. The van der Waals surface area contributed by atoms with Crippen molar-refractivity contribution in [2.45, 2.75) is 12.3 Å². The molecule has 68 valence electrons. The molecule has 0 aromatic carbocycles. The average Bonchev–Trinajstić information content (AvgIpc) is 2.08. The lowest BCUT2D eigenvalue weighted by Crippen LogP contribution is -2.63. The lowest BCUT2D eigenvalue weighted by atomic mass is 10.3. The van der Waals surface area contributed by atoms with Crippen LogP contribution in [0.15, 0.2) is 0 Å². The van der Waals surface area contributed by atoms with Crippen LogP contribution in [0.1, 0.15) is 0 Å². The number of amidine groups is 2. The van der Waals surface area contributed by atoms with Crippen LogP contribution in [0.2, 0.25) is 0 Å². The molecule has 1 aliphatic rings. The zero-order valence-corrected chi connectivity index (χ0v) is 6.18. The van der Waals surface area contributed by atoms with E-state index in [1.54, 1.807) is 0 Å². The molecule has 0 aromatic heterocycles. The summed E-state index contributed by atoms with van der Waals surface area (Å²) in [5.74, 6) is -0.682. The van der Waals surface area contributed by atoms with E-state index in [1.165, 1.54) is 0 Å². The molecular weight excluding hydrogens is 164 g/mol. The third-order valence-electron chi connectivity index (χ3n) is 1.62. The van der Waals surface area contributed by atoms with Gasteiger partial charge in [0.05, 0.1) is 0 Å². The van der Waals surface area contributed by atoms with Gasteiger partial charge < -0.3 is 10.4 Å². The van der Waals surface area contributed by atoms with Crippen molar-refractivity contribution in [2.75, 3.05) is 0 Å². The van der Waals surface area contributed by atoms with Gasteiger partial charge in [0.1, 0.15) is 0 Å². The first-order valence-electron chi connectivity index (χ1n) is 3.15. The molecule has 0 fully saturated rings. The summed E-state index contributed by atoms with van der Waals surface area (Å²) in [7, 11) is 0. The Morgan fingerprint density at radius 3 is 1.42 bits per heavy atom. The molecular formula is C4H10N6O2. The zero-order chi connectivity index (χ0) is 9.46. The number of nitrogens with zero attached hydrogens (tertiary/aromatic N) is 2. The topological polar surface area (TPSA) is 156 Å². The lowest BCUT2D eigenvalue weighted by molar-refractivity contribution is -0.559. The summed E-state index contributed by atoms with van der Waals surface area (Å²) in [4.78, 5) is 0. The Morgan fingerprint density at radius 2 is 1.17 bits per heavy atom. The van der Waals surface area contributed by atoms with Crippen LogP contribution in [0.4, 0.5) is 0 Å². The predicted molar refractivity (Wildman–Crippen MR) is 41.6 cm³/mol. The Kier molecular flexibility index (Phi) is 1.78. The molecule has 1 rings (SSSR count). The van der Waals surface area contributed by atoms with Crippen LogP contribution < -0.4 is 22.9 Å². The van der Waals surface area contributed by atoms with Crippen molar-refractivity contribution in [3.05, 3.63) is 10.4 Å². The second-order valence-electron chi connectivity index (χ2n) is 2.39. The quantitative estimate of drug-likeness (QED) is 0.218. The molecule has 2 atom stereocenters. The average molecular weight is 174 g/mol. The third-order valence-corrected chi connectivity index (χ3v) is 1.62. The van der Waals surface area contributed by atoms with Crippen LogP contribution in [0, 0.1) is 10.4 Å². The lowest BCUT2D eigenvalue weighted by Gasteiger charge is -2.28.